The molecule has 6 heteroatoms. The molecule has 0 aromatic heterocycles. The summed E-state index contributed by atoms with van der Waals surface area (Å²) >= 11 is 0. The summed E-state index contributed by atoms with van der Waals surface area (Å²) in [5.74, 6) is -0.190. The van der Waals surface area contributed by atoms with Gasteiger partial charge in [0.2, 0.25) is 0 Å². The first-order valence-electron chi connectivity index (χ1n) is 7.57. The van der Waals surface area contributed by atoms with Crippen LogP contribution in [0.2, 0.25) is 0 Å². The van der Waals surface area contributed by atoms with E-state index in [9.17, 15) is 9.59 Å². The van der Waals surface area contributed by atoms with Crippen molar-refractivity contribution in [3.8, 4) is 0 Å². The van der Waals surface area contributed by atoms with Crippen LogP contribution in [0.15, 0.2) is 24.3 Å². The fourth-order valence-electron chi connectivity index (χ4n) is 1.92. The molecule has 0 atom stereocenters. The average Bonchev–Trinajstić information content (AvgIpc) is 3.33. The molecular formula is C16H22N2O4. The highest BCUT2D eigenvalue weighted by Crippen LogP contribution is 2.28. The molecule has 1 aliphatic carbocycles. The van der Waals surface area contributed by atoms with E-state index in [1.54, 1.807) is 12.1 Å². The zero-order valence-corrected chi connectivity index (χ0v) is 12.5. The predicted octanol–water partition coefficient (Wildman–Crippen LogP) is 2.00. The molecule has 1 fully saturated rings. The van der Waals surface area contributed by atoms with Crippen LogP contribution in [0.5, 0.6) is 0 Å². The molecule has 22 heavy (non-hydrogen) atoms. The van der Waals surface area contributed by atoms with Crippen molar-refractivity contribution in [2.45, 2.75) is 25.8 Å². The maximum Gasteiger partial charge on any atom is 0.335 e. The molecule has 0 unspecified atom stereocenters. The Morgan fingerprint density at radius 2 is 1.91 bits per heavy atom. The maximum atomic E-state index is 11.6. The number of urea groups is 1. The number of carbonyl (C=O) groups is 2. The third kappa shape index (κ3) is 6.13. The van der Waals surface area contributed by atoms with Gasteiger partial charge in [-0.1, -0.05) is 12.1 Å². The molecular weight excluding hydrogens is 284 g/mol. The maximum absolute atomic E-state index is 11.6. The van der Waals surface area contributed by atoms with Crippen molar-refractivity contribution in [2.24, 2.45) is 5.92 Å². The topological polar surface area (TPSA) is 87.7 Å². The van der Waals surface area contributed by atoms with E-state index in [1.807, 2.05) is 0 Å². The SMILES string of the molecule is O=C(NCCCOCC1CC1)NCc1ccc(C(=O)O)cc1. The van der Waals surface area contributed by atoms with Crippen LogP contribution in [0.25, 0.3) is 0 Å². The molecule has 0 heterocycles. The molecule has 0 spiro atoms. The van der Waals surface area contributed by atoms with Gasteiger partial charge in [-0.3, -0.25) is 0 Å². The van der Waals surface area contributed by atoms with Crippen LogP contribution in [-0.4, -0.2) is 36.9 Å². The summed E-state index contributed by atoms with van der Waals surface area (Å²) in [6.07, 6.45) is 3.37. The second kappa shape index (κ2) is 8.38. The molecule has 0 radical (unpaired) electrons. The molecule has 0 bridgehead atoms. The number of amides is 2. The highest BCUT2D eigenvalue weighted by Gasteiger charge is 2.20. The quantitative estimate of drug-likeness (QED) is 0.609. The van der Waals surface area contributed by atoms with E-state index in [4.69, 9.17) is 9.84 Å². The summed E-state index contributed by atoms with van der Waals surface area (Å²) in [5, 5.41) is 14.3. The third-order valence-corrected chi connectivity index (χ3v) is 3.46. The van der Waals surface area contributed by atoms with E-state index in [0.717, 1.165) is 24.5 Å². The van der Waals surface area contributed by atoms with Crippen molar-refractivity contribution in [3.05, 3.63) is 35.4 Å². The Morgan fingerprint density at radius 3 is 2.55 bits per heavy atom. The van der Waals surface area contributed by atoms with Crippen molar-refractivity contribution < 1.29 is 19.4 Å². The first-order valence-corrected chi connectivity index (χ1v) is 7.57. The summed E-state index contributed by atoms with van der Waals surface area (Å²) in [6, 6.07) is 6.19. The fraction of sp³-hybridized carbons (Fsp3) is 0.500. The monoisotopic (exact) mass is 306 g/mol. The molecule has 6 nitrogen and oxygen atoms in total. The van der Waals surface area contributed by atoms with E-state index in [2.05, 4.69) is 10.6 Å². The molecule has 2 rings (SSSR count). The van der Waals surface area contributed by atoms with Gasteiger partial charge in [-0.25, -0.2) is 9.59 Å². The zero-order valence-electron chi connectivity index (χ0n) is 12.5. The number of benzene rings is 1. The zero-order chi connectivity index (χ0) is 15.8. The molecule has 1 aromatic rings. The summed E-state index contributed by atoms with van der Waals surface area (Å²) in [7, 11) is 0. The van der Waals surface area contributed by atoms with E-state index in [0.29, 0.717) is 19.7 Å². The van der Waals surface area contributed by atoms with Crippen molar-refractivity contribution in [2.75, 3.05) is 19.8 Å². The summed E-state index contributed by atoms with van der Waals surface area (Å²) < 4.78 is 5.48. The fourth-order valence-corrected chi connectivity index (χ4v) is 1.92. The highest BCUT2D eigenvalue weighted by molar-refractivity contribution is 5.87. The number of carboxylic acids is 1. The van der Waals surface area contributed by atoms with Crippen molar-refractivity contribution >= 4 is 12.0 Å². The normalized spacial score (nSPS) is 13.6. The van der Waals surface area contributed by atoms with Gasteiger partial charge >= 0.3 is 12.0 Å². The Kier molecular flexibility index (Phi) is 6.21. The molecule has 3 N–H and O–H groups in total. The molecule has 1 saturated carbocycles. The Labute approximate surface area is 129 Å². The lowest BCUT2D eigenvalue weighted by atomic mass is 10.1. The highest BCUT2D eigenvalue weighted by atomic mass is 16.5. The lowest BCUT2D eigenvalue weighted by Crippen LogP contribution is -2.35. The number of aromatic carboxylic acids is 1. The minimum atomic E-state index is -0.957. The predicted molar refractivity (Wildman–Crippen MR) is 81.8 cm³/mol. The summed E-state index contributed by atoms with van der Waals surface area (Å²) in [6.45, 7) is 2.46. The van der Waals surface area contributed by atoms with E-state index < -0.39 is 5.97 Å². The van der Waals surface area contributed by atoms with Crippen molar-refractivity contribution in [3.63, 3.8) is 0 Å². The summed E-state index contributed by atoms with van der Waals surface area (Å²) in [4.78, 5) is 22.3. The van der Waals surface area contributed by atoms with Gasteiger partial charge in [0.05, 0.1) is 5.56 Å². The van der Waals surface area contributed by atoms with Crippen LogP contribution < -0.4 is 10.6 Å². The van der Waals surface area contributed by atoms with E-state index in [-0.39, 0.29) is 11.6 Å². The molecule has 2 amide bonds. The van der Waals surface area contributed by atoms with Crippen molar-refractivity contribution in [1.29, 1.82) is 0 Å². The van der Waals surface area contributed by atoms with Gasteiger partial charge in [0.15, 0.2) is 0 Å². The van der Waals surface area contributed by atoms with Crippen LogP contribution in [0, 0.1) is 5.92 Å². The Morgan fingerprint density at radius 1 is 1.18 bits per heavy atom. The number of hydrogen-bond acceptors (Lipinski definition) is 3. The Hall–Kier alpha value is -2.08. The number of nitrogens with one attached hydrogen (secondary N) is 2. The van der Waals surface area contributed by atoms with Gasteiger partial charge in [-0.15, -0.1) is 0 Å². The first-order chi connectivity index (χ1) is 10.6. The van der Waals surface area contributed by atoms with Crippen LogP contribution in [0.3, 0.4) is 0 Å². The van der Waals surface area contributed by atoms with Crippen molar-refractivity contribution in [1.82, 2.24) is 10.6 Å². The van der Waals surface area contributed by atoms with Crippen LogP contribution in [0.1, 0.15) is 35.2 Å². The van der Waals surface area contributed by atoms with E-state index in [1.165, 1.54) is 25.0 Å². The molecule has 0 aliphatic heterocycles. The lowest BCUT2D eigenvalue weighted by Gasteiger charge is -2.08. The minimum absolute atomic E-state index is 0.232. The standard InChI is InChI=1S/C16H22N2O4/c19-15(20)14-6-4-12(5-7-14)10-18-16(21)17-8-1-9-22-11-13-2-3-13/h4-7,13H,1-3,8-11H2,(H,19,20)(H2,17,18,21). The summed E-state index contributed by atoms with van der Waals surface area (Å²) in [5.41, 5.74) is 1.09. The third-order valence-electron chi connectivity index (χ3n) is 3.46. The van der Waals surface area contributed by atoms with E-state index >= 15 is 0 Å². The molecule has 1 aliphatic rings. The van der Waals surface area contributed by atoms with Gasteiger partial charge in [0.25, 0.3) is 0 Å². The smallest absolute Gasteiger partial charge is 0.335 e. The first kappa shape index (κ1) is 16.3. The molecule has 120 valence electrons. The number of ether oxygens (including phenoxy) is 1. The second-order valence-corrected chi connectivity index (χ2v) is 5.48. The number of rotatable bonds is 9. The Balaban J connectivity index is 1.53. The molecule has 1 aromatic carbocycles. The Bertz CT molecular complexity index is 497. The van der Waals surface area contributed by atoms with Crippen LogP contribution in [0.4, 0.5) is 4.79 Å². The van der Waals surface area contributed by atoms with Crippen LogP contribution >= 0.6 is 0 Å². The lowest BCUT2D eigenvalue weighted by molar-refractivity contribution is 0.0697. The van der Waals surface area contributed by atoms with Gasteiger partial charge < -0.3 is 20.5 Å². The van der Waals surface area contributed by atoms with Crippen LogP contribution in [-0.2, 0) is 11.3 Å². The van der Waals surface area contributed by atoms with Gasteiger partial charge in [0, 0.05) is 26.3 Å². The number of carboxylic acid groups (broad SMARTS) is 1. The minimum Gasteiger partial charge on any atom is -0.478 e. The largest absolute Gasteiger partial charge is 0.478 e. The number of carbonyl (C=O) groups excluding carboxylic acids is 1. The molecule has 0 saturated heterocycles. The second-order valence-electron chi connectivity index (χ2n) is 5.48. The average molecular weight is 306 g/mol. The number of hydrogen-bond donors (Lipinski definition) is 3. The van der Waals surface area contributed by atoms with Gasteiger partial charge in [0.1, 0.15) is 0 Å². The van der Waals surface area contributed by atoms with Gasteiger partial charge in [-0.05, 0) is 42.9 Å². The van der Waals surface area contributed by atoms with Gasteiger partial charge in [-0.2, -0.15) is 0 Å².